The average molecular weight is 289 g/mol. The minimum atomic E-state index is -0.416. The summed E-state index contributed by atoms with van der Waals surface area (Å²) < 4.78 is 0. The highest BCUT2D eigenvalue weighted by Gasteiger charge is 2.13. The number of nitrogens with zero attached hydrogens (tertiary/aromatic N) is 2. The number of aromatic nitrogens is 2. The number of hydrogen-bond acceptors (Lipinski definition) is 4. The third-order valence-corrected chi connectivity index (χ3v) is 4.16. The molecule has 0 bridgehead atoms. The SMILES string of the molecule is CC=C(SCC(C#N)c1ccnc(=O)[nH]1)C(C)=CCC. The molecule has 106 valence electrons. The summed E-state index contributed by atoms with van der Waals surface area (Å²) in [6, 6.07) is 3.91. The van der Waals surface area contributed by atoms with Crippen molar-refractivity contribution in [3.63, 3.8) is 0 Å². The van der Waals surface area contributed by atoms with E-state index in [1.54, 1.807) is 17.8 Å². The van der Waals surface area contributed by atoms with Gasteiger partial charge >= 0.3 is 5.69 Å². The van der Waals surface area contributed by atoms with Gasteiger partial charge in [-0.3, -0.25) is 0 Å². The van der Waals surface area contributed by atoms with Crippen molar-refractivity contribution in [2.45, 2.75) is 33.1 Å². The Morgan fingerprint density at radius 3 is 2.95 bits per heavy atom. The molecule has 0 aromatic carbocycles. The molecule has 1 rings (SSSR count). The molecule has 20 heavy (non-hydrogen) atoms. The van der Waals surface area contributed by atoms with Crippen LogP contribution in [0.5, 0.6) is 0 Å². The molecule has 4 nitrogen and oxygen atoms in total. The quantitative estimate of drug-likeness (QED) is 0.815. The van der Waals surface area contributed by atoms with E-state index in [4.69, 9.17) is 0 Å². The Hall–Kier alpha value is -1.80. The van der Waals surface area contributed by atoms with Crippen molar-refractivity contribution in [2.24, 2.45) is 0 Å². The first-order valence-corrected chi connectivity index (χ1v) is 7.52. The number of nitriles is 1. The van der Waals surface area contributed by atoms with Gasteiger partial charge in [0.1, 0.15) is 0 Å². The standard InChI is InChI=1S/C15H19N3OS/c1-4-6-11(3)14(5-2)20-10-12(9-16)13-7-8-17-15(19)18-13/h5-8,12H,4,10H2,1-3H3,(H,17,18,19). The molecule has 0 spiro atoms. The Kier molecular flexibility index (Phi) is 6.82. The predicted molar refractivity (Wildman–Crippen MR) is 83.5 cm³/mol. The van der Waals surface area contributed by atoms with Crippen LogP contribution in [0.1, 0.15) is 38.8 Å². The van der Waals surface area contributed by atoms with E-state index in [1.807, 2.05) is 6.92 Å². The number of hydrogen-bond donors (Lipinski definition) is 1. The van der Waals surface area contributed by atoms with Crippen LogP contribution in [0.15, 0.2) is 39.7 Å². The van der Waals surface area contributed by atoms with Gasteiger partial charge in [0.25, 0.3) is 0 Å². The summed E-state index contributed by atoms with van der Waals surface area (Å²) in [5.74, 6) is 0.255. The van der Waals surface area contributed by atoms with Gasteiger partial charge in [0.2, 0.25) is 0 Å². The Morgan fingerprint density at radius 1 is 1.65 bits per heavy atom. The van der Waals surface area contributed by atoms with Crippen molar-refractivity contribution < 1.29 is 0 Å². The topological polar surface area (TPSA) is 69.5 Å². The molecule has 1 N–H and O–H groups in total. The van der Waals surface area contributed by atoms with Gasteiger partial charge < -0.3 is 4.98 Å². The summed E-state index contributed by atoms with van der Waals surface area (Å²) >= 11 is 1.63. The van der Waals surface area contributed by atoms with E-state index in [2.05, 4.69) is 42.0 Å². The number of allylic oxidation sites excluding steroid dienone is 3. The van der Waals surface area contributed by atoms with Gasteiger partial charge in [0.15, 0.2) is 0 Å². The third-order valence-electron chi connectivity index (χ3n) is 2.80. The van der Waals surface area contributed by atoms with Crippen LogP contribution in [0.3, 0.4) is 0 Å². The van der Waals surface area contributed by atoms with Crippen LogP contribution in [0.25, 0.3) is 0 Å². The molecule has 1 atom stereocenters. The fourth-order valence-electron chi connectivity index (χ4n) is 1.79. The van der Waals surface area contributed by atoms with Crippen molar-refractivity contribution in [3.05, 3.63) is 51.1 Å². The van der Waals surface area contributed by atoms with Gasteiger partial charge in [0.05, 0.1) is 12.0 Å². The number of thioether (sulfide) groups is 1. The molecule has 0 fully saturated rings. The monoisotopic (exact) mass is 289 g/mol. The van der Waals surface area contributed by atoms with Crippen molar-refractivity contribution in [3.8, 4) is 6.07 Å². The largest absolute Gasteiger partial charge is 0.345 e. The number of rotatable bonds is 6. The Balaban J connectivity index is 2.79. The second-order valence-corrected chi connectivity index (χ2v) is 5.33. The molecule has 0 aliphatic heterocycles. The highest BCUT2D eigenvalue weighted by molar-refractivity contribution is 8.03. The number of H-pyrrole nitrogens is 1. The zero-order valence-electron chi connectivity index (χ0n) is 12.0. The molecule has 1 heterocycles. The van der Waals surface area contributed by atoms with Crippen LogP contribution >= 0.6 is 11.8 Å². The van der Waals surface area contributed by atoms with Crippen LogP contribution < -0.4 is 5.69 Å². The van der Waals surface area contributed by atoms with Gasteiger partial charge in [-0.2, -0.15) is 5.26 Å². The Morgan fingerprint density at radius 2 is 2.40 bits per heavy atom. The van der Waals surface area contributed by atoms with Crippen LogP contribution in [0.2, 0.25) is 0 Å². The van der Waals surface area contributed by atoms with E-state index < -0.39 is 5.69 Å². The zero-order valence-corrected chi connectivity index (χ0v) is 12.8. The first-order chi connectivity index (χ1) is 9.62. The molecule has 1 aromatic rings. The van der Waals surface area contributed by atoms with Crippen molar-refractivity contribution >= 4 is 11.8 Å². The first kappa shape index (κ1) is 16.3. The lowest BCUT2D eigenvalue weighted by atomic mass is 10.1. The molecule has 1 unspecified atom stereocenters. The summed E-state index contributed by atoms with van der Waals surface area (Å²) in [5.41, 5.74) is 1.42. The van der Waals surface area contributed by atoms with Crippen molar-refractivity contribution in [2.75, 3.05) is 5.75 Å². The van der Waals surface area contributed by atoms with E-state index >= 15 is 0 Å². The van der Waals surface area contributed by atoms with E-state index in [0.29, 0.717) is 11.4 Å². The minimum Gasteiger partial charge on any atom is -0.308 e. The van der Waals surface area contributed by atoms with Gasteiger partial charge in [0, 0.05) is 22.5 Å². The maximum absolute atomic E-state index is 11.2. The van der Waals surface area contributed by atoms with Crippen LogP contribution in [-0.4, -0.2) is 15.7 Å². The van der Waals surface area contributed by atoms with Gasteiger partial charge in [-0.25, -0.2) is 9.78 Å². The van der Waals surface area contributed by atoms with E-state index in [9.17, 15) is 10.1 Å². The maximum atomic E-state index is 11.2. The highest BCUT2D eigenvalue weighted by atomic mass is 32.2. The maximum Gasteiger partial charge on any atom is 0.345 e. The molecule has 0 aliphatic carbocycles. The molecule has 5 heteroatoms. The van der Waals surface area contributed by atoms with E-state index in [-0.39, 0.29) is 5.92 Å². The first-order valence-electron chi connectivity index (χ1n) is 6.53. The van der Waals surface area contributed by atoms with Crippen LogP contribution in [0.4, 0.5) is 0 Å². The second-order valence-electron chi connectivity index (χ2n) is 4.27. The summed E-state index contributed by atoms with van der Waals surface area (Å²) in [6.07, 6.45) is 6.64. The fraction of sp³-hybridized carbons (Fsp3) is 0.400. The van der Waals surface area contributed by atoms with Gasteiger partial charge in [-0.05, 0) is 31.9 Å². The molecular formula is C15H19N3OS. The van der Waals surface area contributed by atoms with Crippen molar-refractivity contribution in [1.29, 1.82) is 5.26 Å². The predicted octanol–water partition coefficient (Wildman–Crippen LogP) is 3.37. The van der Waals surface area contributed by atoms with Gasteiger partial charge in [-0.1, -0.05) is 19.1 Å². The molecule has 0 radical (unpaired) electrons. The molecule has 1 aromatic heterocycles. The average Bonchev–Trinajstić information content (AvgIpc) is 2.44. The Bertz CT molecular complexity index is 596. The summed E-state index contributed by atoms with van der Waals surface area (Å²) in [5, 5.41) is 9.26. The van der Waals surface area contributed by atoms with E-state index in [1.165, 1.54) is 16.7 Å². The van der Waals surface area contributed by atoms with Crippen molar-refractivity contribution in [1.82, 2.24) is 9.97 Å². The van der Waals surface area contributed by atoms with Crippen LogP contribution in [0, 0.1) is 11.3 Å². The summed E-state index contributed by atoms with van der Waals surface area (Å²) in [4.78, 5) is 18.6. The lowest BCUT2D eigenvalue weighted by Gasteiger charge is -2.11. The van der Waals surface area contributed by atoms with Gasteiger partial charge in [-0.15, -0.1) is 11.8 Å². The highest BCUT2D eigenvalue weighted by Crippen LogP contribution is 2.28. The number of aromatic amines is 1. The smallest absolute Gasteiger partial charge is 0.308 e. The second kappa shape index (κ2) is 8.39. The minimum absolute atomic E-state index is 0.347. The lowest BCUT2D eigenvalue weighted by molar-refractivity contribution is 0.891. The molecule has 0 saturated carbocycles. The molecule has 0 amide bonds. The zero-order chi connectivity index (χ0) is 15.0. The molecule has 0 saturated heterocycles. The van der Waals surface area contributed by atoms with E-state index in [0.717, 1.165) is 6.42 Å². The third kappa shape index (κ3) is 4.71. The summed E-state index contributed by atoms with van der Waals surface area (Å²) in [6.45, 7) is 6.16. The normalized spacial score (nSPS) is 13.9. The fourth-order valence-corrected chi connectivity index (χ4v) is 2.87. The number of nitrogens with one attached hydrogen (secondary N) is 1. The Labute approximate surface area is 123 Å². The lowest BCUT2D eigenvalue weighted by Crippen LogP contribution is -2.14. The van der Waals surface area contributed by atoms with Crippen LogP contribution in [-0.2, 0) is 0 Å². The molecular weight excluding hydrogens is 270 g/mol. The molecule has 0 aliphatic rings. The summed E-state index contributed by atoms with van der Waals surface area (Å²) in [7, 11) is 0.